The van der Waals surface area contributed by atoms with Crippen molar-refractivity contribution in [2.75, 3.05) is 19.8 Å². The summed E-state index contributed by atoms with van der Waals surface area (Å²) in [6.07, 6.45) is 4.77. The number of nitrogens with one attached hydrogen (secondary N) is 2. The van der Waals surface area contributed by atoms with Crippen LogP contribution in [0.4, 0.5) is 0 Å². The normalized spacial score (nSPS) is 22.3. The predicted octanol–water partition coefficient (Wildman–Crippen LogP) is 0.938. The van der Waals surface area contributed by atoms with Crippen LogP contribution in [0.15, 0.2) is 24.5 Å². The van der Waals surface area contributed by atoms with Gasteiger partial charge >= 0.3 is 0 Å². The summed E-state index contributed by atoms with van der Waals surface area (Å²) in [5, 5.41) is 7.00. The van der Waals surface area contributed by atoms with E-state index in [2.05, 4.69) is 22.5 Å². The third-order valence-electron chi connectivity index (χ3n) is 3.04. The summed E-state index contributed by atoms with van der Waals surface area (Å²) in [7, 11) is 0. The molecule has 1 fully saturated rings. The number of hydrogen-bond acceptors (Lipinski definition) is 4. The van der Waals surface area contributed by atoms with E-state index in [4.69, 9.17) is 4.74 Å². The predicted molar refractivity (Wildman–Crippen MR) is 67.8 cm³/mol. The van der Waals surface area contributed by atoms with E-state index in [1.165, 1.54) is 5.56 Å². The summed E-state index contributed by atoms with van der Waals surface area (Å²) < 4.78 is 5.45. The Kier molecular flexibility index (Phi) is 4.91. The monoisotopic (exact) mass is 235 g/mol. The molecule has 2 unspecified atom stereocenters. The zero-order chi connectivity index (χ0) is 11.9. The molecule has 0 aliphatic carbocycles. The summed E-state index contributed by atoms with van der Waals surface area (Å²) in [6.45, 7) is 5.77. The minimum Gasteiger partial charge on any atom is -0.379 e. The number of pyridine rings is 1. The number of ether oxygens (including phenoxy) is 1. The molecule has 0 aromatic carbocycles. The van der Waals surface area contributed by atoms with Gasteiger partial charge in [-0.2, -0.15) is 0 Å². The molecule has 17 heavy (non-hydrogen) atoms. The number of aromatic nitrogens is 1. The summed E-state index contributed by atoms with van der Waals surface area (Å²) in [4.78, 5) is 4.01. The maximum Gasteiger partial charge on any atom is 0.0620 e. The lowest BCUT2D eigenvalue weighted by atomic mass is 10.1. The lowest BCUT2D eigenvalue weighted by Crippen LogP contribution is -2.44. The molecule has 2 rings (SSSR count). The van der Waals surface area contributed by atoms with Crippen LogP contribution in [0.2, 0.25) is 0 Å². The standard InChI is InChI=1S/C13H21N3O/c1-11(8-13-10-17-7-6-15-13)16-9-12-2-4-14-5-3-12/h2-5,11,13,15-16H,6-10H2,1H3. The smallest absolute Gasteiger partial charge is 0.0620 e. The second-order valence-electron chi connectivity index (χ2n) is 4.60. The van der Waals surface area contributed by atoms with Gasteiger partial charge in [0.15, 0.2) is 0 Å². The Morgan fingerprint density at radius 3 is 3.06 bits per heavy atom. The fourth-order valence-corrected chi connectivity index (χ4v) is 2.07. The number of morpholine rings is 1. The van der Waals surface area contributed by atoms with Gasteiger partial charge in [0.25, 0.3) is 0 Å². The molecule has 4 heteroatoms. The van der Waals surface area contributed by atoms with Crippen molar-refractivity contribution in [3.8, 4) is 0 Å². The second-order valence-corrected chi connectivity index (χ2v) is 4.60. The van der Waals surface area contributed by atoms with E-state index < -0.39 is 0 Å². The van der Waals surface area contributed by atoms with E-state index in [1.807, 2.05) is 24.5 Å². The Labute approximate surface area is 103 Å². The van der Waals surface area contributed by atoms with Gasteiger partial charge < -0.3 is 15.4 Å². The molecule has 1 aromatic rings. The van der Waals surface area contributed by atoms with Crippen LogP contribution in [0.1, 0.15) is 18.9 Å². The molecule has 1 aromatic heterocycles. The first-order valence-electron chi connectivity index (χ1n) is 6.28. The highest BCUT2D eigenvalue weighted by atomic mass is 16.5. The maximum atomic E-state index is 5.45. The third-order valence-corrected chi connectivity index (χ3v) is 3.04. The summed E-state index contributed by atoms with van der Waals surface area (Å²) in [6, 6.07) is 5.06. The van der Waals surface area contributed by atoms with Crippen LogP contribution < -0.4 is 10.6 Å². The van der Waals surface area contributed by atoms with Crippen molar-refractivity contribution in [1.82, 2.24) is 15.6 Å². The molecule has 0 spiro atoms. The first kappa shape index (κ1) is 12.5. The zero-order valence-corrected chi connectivity index (χ0v) is 10.4. The van der Waals surface area contributed by atoms with Crippen LogP contribution in [0, 0.1) is 0 Å². The van der Waals surface area contributed by atoms with Crippen LogP contribution in [-0.2, 0) is 11.3 Å². The van der Waals surface area contributed by atoms with Gasteiger partial charge in [-0.05, 0) is 31.0 Å². The van der Waals surface area contributed by atoms with Gasteiger partial charge in [-0.1, -0.05) is 0 Å². The Balaban J connectivity index is 1.68. The molecule has 2 atom stereocenters. The van der Waals surface area contributed by atoms with Gasteiger partial charge in [0.05, 0.1) is 13.2 Å². The third kappa shape index (κ3) is 4.42. The molecule has 94 valence electrons. The van der Waals surface area contributed by atoms with Crippen molar-refractivity contribution in [3.63, 3.8) is 0 Å². The molecule has 1 saturated heterocycles. The molecule has 4 nitrogen and oxygen atoms in total. The van der Waals surface area contributed by atoms with Gasteiger partial charge in [-0.15, -0.1) is 0 Å². The topological polar surface area (TPSA) is 46.2 Å². The Bertz CT molecular complexity index is 312. The van der Waals surface area contributed by atoms with Crippen LogP contribution in [0.25, 0.3) is 0 Å². The molecule has 0 radical (unpaired) electrons. The molecule has 1 aliphatic heterocycles. The molecule has 2 heterocycles. The molecule has 0 bridgehead atoms. The quantitative estimate of drug-likeness (QED) is 0.797. The fourth-order valence-electron chi connectivity index (χ4n) is 2.07. The minimum atomic E-state index is 0.488. The van der Waals surface area contributed by atoms with Crippen molar-refractivity contribution in [1.29, 1.82) is 0 Å². The van der Waals surface area contributed by atoms with E-state index in [-0.39, 0.29) is 0 Å². The van der Waals surface area contributed by atoms with Crippen molar-refractivity contribution < 1.29 is 4.74 Å². The lowest BCUT2D eigenvalue weighted by Gasteiger charge is -2.26. The van der Waals surface area contributed by atoms with Crippen LogP contribution >= 0.6 is 0 Å². The van der Waals surface area contributed by atoms with E-state index in [0.717, 1.165) is 32.7 Å². The molecule has 1 aliphatic rings. The van der Waals surface area contributed by atoms with E-state index in [0.29, 0.717) is 12.1 Å². The van der Waals surface area contributed by atoms with Gasteiger partial charge in [0, 0.05) is 37.6 Å². The highest BCUT2D eigenvalue weighted by Crippen LogP contribution is 2.04. The van der Waals surface area contributed by atoms with E-state index in [9.17, 15) is 0 Å². The average molecular weight is 235 g/mol. The SMILES string of the molecule is CC(CC1COCCN1)NCc1ccncc1. The highest BCUT2D eigenvalue weighted by molar-refractivity contribution is 5.09. The van der Waals surface area contributed by atoms with Gasteiger partial charge in [-0.3, -0.25) is 4.98 Å². The Morgan fingerprint density at radius 2 is 2.35 bits per heavy atom. The fraction of sp³-hybridized carbons (Fsp3) is 0.615. The molecular weight excluding hydrogens is 214 g/mol. The van der Waals surface area contributed by atoms with Crippen LogP contribution in [0.3, 0.4) is 0 Å². The Hall–Kier alpha value is -0.970. The van der Waals surface area contributed by atoms with Crippen molar-refractivity contribution in [3.05, 3.63) is 30.1 Å². The lowest BCUT2D eigenvalue weighted by molar-refractivity contribution is 0.0712. The molecule has 0 amide bonds. The number of nitrogens with zero attached hydrogens (tertiary/aromatic N) is 1. The number of hydrogen-bond donors (Lipinski definition) is 2. The van der Waals surface area contributed by atoms with Crippen LogP contribution in [-0.4, -0.2) is 36.8 Å². The highest BCUT2D eigenvalue weighted by Gasteiger charge is 2.15. The Morgan fingerprint density at radius 1 is 1.53 bits per heavy atom. The zero-order valence-electron chi connectivity index (χ0n) is 10.4. The minimum absolute atomic E-state index is 0.488. The largest absolute Gasteiger partial charge is 0.379 e. The molecule has 2 N–H and O–H groups in total. The maximum absolute atomic E-state index is 5.45. The van der Waals surface area contributed by atoms with Gasteiger partial charge in [-0.25, -0.2) is 0 Å². The summed E-state index contributed by atoms with van der Waals surface area (Å²) in [5.74, 6) is 0. The van der Waals surface area contributed by atoms with Crippen molar-refractivity contribution in [2.45, 2.75) is 32.0 Å². The average Bonchev–Trinajstić information content (AvgIpc) is 2.39. The number of rotatable bonds is 5. The molecular formula is C13H21N3O. The van der Waals surface area contributed by atoms with Crippen LogP contribution in [0.5, 0.6) is 0 Å². The summed E-state index contributed by atoms with van der Waals surface area (Å²) in [5.41, 5.74) is 1.28. The van der Waals surface area contributed by atoms with Crippen molar-refractivity contribution >= 4 is 0 Å². The summed E-state index contributed by atoms with van der Waals surface area (Å²) >= 11 is 0. The van der Waals surface area contributed by atoms with Gasteiger partial charge in [0.2, 0.25) is 0 Å². The van der Waals surface area contributed by atoms with Gasteiger partial charge in [0.1, 0.15) is 0 Å². The van der Waals surface area contributed by atoms with E-state index >= 15 is 0 Å². The van der Waals surface area contributed by atoms with E-state index in [1.54, 1.807) is 0 Å². The second kappa shape index (κ2) is 6.69. The molecule has 0 saturated carbocycles. The van der Waals surface area contributed by atoms with Crippen molar-refractivity contribution in [2.24, 2.45) is 0 Å². The first-order valence-corrected chi connectivity index (χ1v) is 6.28. The first-order chi connectivity index (χ1) is 8.34.